The van der Waals surface area contributed by atoms with Gasteiger partial charge in [0.1, 0.15) is 0 Å². The first-order chi connectivity index (χ1) is 8.66. The summed E-state index contributed by atoms with van der Waals surface area (Å²) in [4.78, 5) is 2.26. The van der Waals surface area contributed by atoms with Crippen LogP contribution in [0, 0.1) is 6.92 Å². The molecule has 94 valence electrons. The molecule has 0 atom stereocenters. The third-order valence-corrected chi connectivity index (χ3v) is 3.21. The van der Waals surface area contributed by atoms with Crippen molar-refractivity contribution in [3.63, 3.8) is 0 Å². The summed E-state index contributed by atoms with van der Waals surface area (Å²) < 4.78 is 0. The fourth-order valence-electron chi connectivity index (χ4n) is 2.04. The third-order valence-electron chi connectivity index (χ3n) is 3.21. The lowest BCUT2D eigenvalue weighted by molar-refractivity contribution is 0.878. The molecular formula is C16H20N2. The Kier molecular flexibility index (Phi) is 3.88. The van der Waals surface area contributed by atoms with Gasteiger partial charge in [0, 0.05) is 25.0 Å². The van der Waals surface area contributed by atoms with E-state index in [2.05, 4.69) is 49.2 Å². The number of rotatable bonds is 4. The predicted octanol–water partition coefficient (Wildman–Crippen LogP) is 3.26. The molecule has 2 aromatic carbocycles. The molecule has 0 bridgehead atoms. The molecule has 0 unspecified atom stereocenters. The van der Waals surface area contributed by atoms with Crippen LogP contribution in [0.25, 0.3) is 0 Å². The lowest BCUT2D eigenvalue weighted by atomic mass is 10.1. The van der Waals surface area contributed by atoms with E-state index >= 15 is 0 Å². The van der Waals surface area contributed by atoms with Crippen LogP contribution in [0.2, 0.25) is 0 Å². The van der Waals surface area contributed by atoms with Crippen LogP contribution in [0.15, 0.2) is 48.5 Å². The number of hydrogen-bond donors (Lipinski definition) is 1. The summed E-state index contributed by atoms with van der Waals surface area (Å²) in [7, 11) is 2.12. The van der Waals surface area contributed by atoms with Crippen LogP contribution >= 0.6 is 0 Å². The van der Waals surface area contributed by atoms with E-state index in [9.17, 15) is 0 Å². The lowest BCUT2D eigenvalue weighted by Crippen LogP contribution is -2.20. The minimum Gasteiger partial charge on any atom is -0.399 e. The van der Waals surface area contributed by atoms with Crippen molar-refractivity contribution in [3.05, 3.63) is 59.7 Å². The van der Waals surface area contributed by atoms with Crippen LogP contribution in [0.3, 0.4) is 0 Å². The van der Waals surface area contributed by atoms with Gasteiger partial charge in [0.25, 0.3) is 0 Å². The van der Waals surface area contributed by atoms with E-state index in [0.29, 0.717) is 0 Å². The highest BCUT2D eigenvalue weighted by Crippen LogP contribution is 2.16. The highest BCUT2D eigenvalue weighted by atomic mass is 15.1. The molecular weight excluding hydrogens is 220 g/mol. The SMILES string of the molecule is Cc1cccc(N(C)CCc2ccccc2N)c1. The molecule has 0 heterocycles. The Bertz CT molecular complexity index is 520. The second-order valence-corrected chi connectivity index (χ2v) is 4.71. The van der Waals surface area contributed by atoms with Gasteiger partial charge in [-0.25, -0.2) is 0 Å². The molecule has 0 radical (unpaired) electrons. The van der Waals surface area contributed by atoms with Crippen molar-refractivity contribution in [2.45, 2.75) is 13.3 Å². The number of hydrogen-bond acceptors (Lipinski definition) is 2. The van der Waals surface area contributed by atoms with Gasteiger partial charge in [-0.2, -0.15) is 0 Å². The van der Waals surface area contributed by atoms with Crippen molar-refractivity contribution in [2.75, 3.05) is 24.2 Å². The molecule has 2 nitrogen and oxygen atoms in total. The van der Waals surface area contributed by atoms with Crippen molar-refractivity contribution < 1.29 is 0 Å². The molecule has 2 aromatic rings. The fourth-order valence-corrected chi connectivity index (χ4v) is 2.04. The topological polar surface area (TPSA) is 29.3 Å². The molecule has 0 aliphatic rings. The van der Waals surface area contributed by atoms with Gasteiger partial charge in [0.15, 0.2) is 0 Å². The first kappa shape index (κ1) is 12.5. The largest absolute Gasteiger partial charge is 0.399 e. The number of nitrogens with two attached hydrogens (primary N) is 1. The minimum absolute atomic E-state index is 0.884. The maximum absolute atomic E-state index is 5.95. The van der Waals surface area contributed by atoms with Gasteiger partial charge in [0.2, 0.25) is 0 Å². The van der Waals surface area contributed by atoms with E-state index in [1.165, 1.54) is 16.8 Å². The average molecular weight is 240 g/mol. The van der Waals surface area contributed by atoms with Gasteiger partial charge in [0.05, 0.1) is 0 Å². The number of benzene rings is 2. The zero-order valence-electron chi connectivity index (χ0n) is 11.1. The van der Waals surface area contributed by atoms with Crippen molar-refractivity contribution in [1.82, 2.24) is 0 Å². The maximum atomic E-state index is 5.95. The quantitative estimate of drug-likeness (QED) is 0.831. The number of likely N-dealkylation sites (N-methyl/N-ethyl adjacent to an activating group) is 1. The molecule has 0 aromatic heterocycles. The zero-order chi connectivity index (χ0) is 13.0. The Labute approximate surface area is 109 Å². The molecule has 0 fully saturated rings. The van der Waals surface area contributed by atoms with Crippen LogP contribution in [-0.4, -0.2) is 13.6 Å². The Morgan fingerprint density at radius 2 is 1.83 bits per heavy atom. The lowest BCUT2D eigenvalue weighted by Gasteiger charge is -2.20. The van der Waals surface area contributed by atoms with E-state index < -0.39 is 0 Å². The molecule has 0 amide bonds. The molecule has 2 rings (SSSR count). The van der Waals surface area contributed by atoms with Crippen LogP contribution in [0.1, 0.15) is 11.1 Å². The van der Waals surface area contributed by atoms with Gasteiger partial charge >= 0.3 is 0 Å². The summed E-state index contributed by atoms with van der Waals surface area (Å²) in [5.41, 5.74) is 10.6. The van der Waals surface area contributed by atoms with E-state index in [1.54, 1.807) is 0 Å². The monoisotopic (exact) mass is 240 g/mol. The Balaban J connectivity index is 2.00. The molecule has 0 saturated carbocycles. The number of nitrogen functional groups attached to an aromatic ring is 1. The second kappa shape index (κ2) is 5.58. The summed E-state index contributed by atoms with van der Waals surface area (Å²) in [5.74, 6) is 0. The minimum atomic E-state index is 0.884. The standard InChI is InChI=1S/C16H20N2/c1-13-6-5-8-15(12-13)18(2)11-10-14-7-3-4-9-16(14)17/h3-9,12H,10-11,17H2,1-2H3. The van der Waals surface area contributed by atoms with Crippen LogP contribution in [-0.2, 0) is 6.42 Å². The number of para-hydroxylation sites is 1. The van der Waals surface area contributed by atoms with E-state index in [4.69, 9.17) is 5.73 Å². The first-order valence-electron chi connectivity index (χ1n) is 6.28. The van der Waals surface area contributed by atoms with Gasteiger partial charge in [-0.05, 0) is 42.7 Å². The number of aryl methyl sites for hydroxylation is 1. The van der Waals surface area contributed by atoms with Crippen LogP contribution in [0.5, 0.6) is 0 Å². The molecule has 0 aliphatic carbocycles. The van der Waals surface area contributed by atoms with E-state index in [-0.39, 0.29) is 0 Å². The molecule has 0 spiro atoms. The third kappa shape index (κ3) is 3.04. The normalized spacial score (nSPS) is 10.3. The van der Waals surface area contributed by atoms with E-state index in [0.717, 1.165) is 18.7 Å². The molecule has 0 saturated heterocycles. The van der Waals surface area contributed by atoms with Crippen molar-refractivity contribution in [3.8, 4) is 0 Å². The highest BCUT2D eigenvalue weighted by molar-refractivity contribution is 5.49. The summed E-state index contributed by atoms with van der Waals surface area (Å²) >= 11 is 0. The van der Waals surface area contributed by atoms with Crippen molar-refractivity contribution in [2.24, 2.45) is 0 Å². The van der Waals surface area contributed by atoms with Crippen molar-refractivity contribution >= 4 is 11.4 Å². The van der Waals surface area contributed by atoms with E-state index in [1.807, 2.05) is 18.2 Å². The zero-order valence-corrected chi connectivity index (χ0v) is 11.1. The second-order valence-electron chi connectivity index (χ2n) is 4.71. The van der Waals surface area contributed by atoms with Crippen LogP contribution < -0.4 is 10.6 Å². The smallest absolute Gasteiger partial charge is 0.0366 e. The Hall–Kier alpha value is -1.96. The van der Waals surface area contributed by atoms with Crippen LogP contribution in [0.4, 0.5) is 11.4 Å². The maximum Gasteiger partial charge on any atom is 0.0366 e. The van der Waals surface area contributed by atoms with Gasteiger partial charge in [-0.15, -0.1) is 0 Å². The number of anilines is 2. The average Bonchev–Trinajstić information content (AvgIpc) is 2.37. The Morgan fingerprint density at radius 1 is 1.06 bits per heavy atom. The summed E-state index contributed by atoms with van der Waals surface area (Å²) in [5, 5.41) is 0. The van der Waals surface area contributed by atoms with Gasteiger partial charge < -0.3 is 10.6 Å². The fraction of sp³-hybridized carbons (Fsp3) is 0.250. The van der Waals surface area contributed by atoms with Gasteiger partial charge in [-0.3, -0.25) is 0 Å². The molecule has 18 heavy (non-hydrogen) atoms. The summed E-state index contributed by atoms with van der Waals surface area (Å²) in [6, 6.07) is 16.6. The molecule has 0 aliphatic heterocycles. The molecule has 2 heteroatoms. The molecule has 2 N–H and O–H groups in total. The number of nitrogens with zero attached hydrogens (tertiary/aromatic N) is 1. The summed E-state index contributed by atoms with van der Waals surface area (Å²) in [6.07, 6.45) is 0.969. The summed E-state index contributed by atoms with van der Waals surface area (Å²) in [6.45, 7) is 3.09. The first-order valence-corrected chi connectivity index (χ1v) is 6.28. The highest BCUT2D eigenvalue weighted by Gasteiger charge is 2.03. The predicted molar refractivity (Wildman–Crippen MR) is 79.0 cm³/mol. The van der Waals surface area contributed by atoms with Crippen molar-refractivity contribution in [1.29, 1.82) is 0 Å². The van der Waals surface area contributed by atoms with Gasteiger partial charge in [-0.1, -0.05) is 30.3 Å². The Morgan fingerprint density at radius 3 is 2.56 bits per heavy atom.